The molecule has 0 aromatic carbocycles. The fourth-order valence-corrected chi connectivity index (χ4v) is 4.09. The number of furan rings is 1. The van der Waals surface area contributed by atoms with E-state index in [1.165, 1.54) is 25.8 Å². The number of rotatable bonds is 3. The second kappa shape index (κ2) is 7.08. The molecule has 0 bridgehead atoms. The van der Waals surface area contributed by atoms with Crippen molar-refractivity contribution in [1.29, 1.82) is 0 Å². The zero-order valence-electron chi connectivity index (χ0n) is 15.2. The molecule has 0 N–H and O–H groups in total. The van der Waals surface area contributed by atoms with E-state index in [0.717, 1.165) is 48.3 Å². The molecule has 2 aliphatic rings. The minimum Gasteiger partial charge on any atom is -0.463 e. The van der Waals surface area contributed by atoms with Gasteiger partial charge in [-0.15, -0.1) is 0 Å². The zero-order chi connectivity index (χ0) is 18.1. The first-order valence-corrected chi connectivity index (χ1v) is 9.55. The minimum atomic E-state index is 0.614. The number of nitrogens with zero attached hydrogens (tertiary/aromatic N) is 6. The molecule has 3 aromatic rings. The average molecular weight is 362 g/mol. The highest BCUT2D eigenvalue weighted by Gasteiger charge is 2.30. The number of hydrogen-bond acceptors (Lipinski definition) is 7. The highest BCUT2D eigenvalue weighted by atomic mass is 16.3. The van der Waals surface area contributed by atoms with Crippen molar-refractivity contribution in [2.24, 2.45) is 0 Å². The quantitative estimate of drug-likeness (QED) is 0.709. The smallest absolute Gasteiger partial charge is 0.226 e. The molecule has 5 heterocycles. The van der Waals surface area contributed by atoms with Crippen LogP contribution in [-0.2, 0) is 0 Å². The summed E-state index contributed by atoms with van der Waals surface area (Å²) in [4.78, 5) is 23.1. The van der Waals surface area contributed by atoms with Crippen LogP contribution in [-0.4, -0.2) is 57.1 Å². The molecule has 5 rings (SSSR count). The Bertz CT molecular complexity index is 898. The van der Waals surface area contributed by atoms with Crippen LogP contribution >= 0.6 is 0 Å². The van der Waals surface area contributed by atoms with E-state index >= 15 is 0 Å². The van der Waals surface area contributed by atoms with Crippen molar-refractivity contribution in [2.45, 2.75) is 25.3 Å². The van der Waals surface area contributed by atoms with Crippen molar-refractivity contribution < 1.29 is 4.42 Å². The Balaban J connectivity index is 1.50. The van der Waals surface area contributed by atoms with Gasteiger partial charge >= 0.3 is 0 Å². The van der Waals surface area contributed by atoms with Crippen molar-refractivity contribution in [1.82, 2.24) is 24.8 Å². The van der Waals surface area contributed by atoms with Gasteiger partial charge < -0.3 is 9.32 Å². The van der Waals surface area contributed by atoms with Crippen molar-refractivity contribution in [3.8, 4) is 22.7 Å². The summed E-state index contributed by atoms with van der Waals surface area (Å²) < 4.78 is 5.64. The summed E-state index contributed by atoms with van der Waals surface area (Å²) >= 11 is 0. The molecule has 2 fully saturated rings. The van der Waals surface area contributed by atoms with Gasteiger partial charge in [0.05, 0.1) is 18.2 Å². The summed E-state index contributed by atoms with van der Waals surface area (Å²) in [5.74, 6) is 1.48. The fraction of sp³-hybridized carbons (Fsp3) is 0.400. The number of aromatic nitrogens is 4. The van der Waals surface area contributed by atoms with E-state index in [1.807, 2.05) is 18.3 Å². The standard InChI is InChI=1S/C20H22N6O/c1-2-8-25-9-10-26(14-15(25)4-1)20-23-12-16(17-13-21-6-7-22-17)19(24-20)18-5-3-11-27-18/h3,5-7,11-13,15H,1-2,4,8-10,14H2/t15-/m1/s1. The molecule has 0 aliphatic carbocycles. The van der Waals surface area contributed by atoms with Crippen LogP contribution in [0.2, 0.25) is 0 Å². The predicted molar refractivity (Wildman–Crippen MR) is 102 cm³/mol. The Hall–Kier alpha value is -2.80. The molecular formula is C20H22N6O. The second-order valence-corrected chi connectivity index (χ2v) is 7.13. The normalized spacial score (nSPS) is 20.4. The molecule has 1 atom stereocenters. The van der Waals surface area contributed by atoms with Crippen molar-refractivity contribution >= 4 is 5.95 Å². The molecule has 7 nitrogen and oxygen atoms in total. The number of piperidine rings is 1. The highest BCUT2D eigenvalue weighted by Crippen LogP contribution is 2.31. The molecular weight excluding hydrogens is 340 g/mol. The van der Waals surface area contributed by atoms with Gasteiger partial charge in [0, 0.05) is 49.8 Å². The van der Waals surface area contributed by atoms with Crippen LogP contribution in [0.25, 0.3) is 22.7 Å². The molecule has 2 saturated heterocycles. The van der Waals surface area contributed by atoms with Gasteiger partial charge in [-0.3, -0.25) is 14.9 Å². The first kappa shape index (κ1) is 16.4. The SMILES string of the molecule is c1coc(-c2nc(N3CCN4CCCC[C@@H]4C3)ncc2-c2cnccn2)c1. The van der Waals surface area contributed by atoms with E-state index in [4.69, 9.17) is 9.40 Å². The number of fused-ring (bicyclic) bond motifs is 1. The molecule has 0 spiro atoms. The Morgan fingerprint density at radius 3 is 2.89 bits per heavy atom. The maximum absolute atomic E-state index is 5.64. The topological polar surface area (TPSA) is 71.2 Å². The van der Waals surface area contributed by atoms with Crippen LogP contribution in [0.15, 0.2) is 47.6 Å². The maximum atomic E-state index is 5.64. The summed E-state index contributed by atoms with van der Waals surface area (Å²) in [7, 11) is 0. The Morgan fingerprint density at radius 2 is 2.04 bits per heavy atom. The van der Waals surface area contributed by atoms with Crippen molar-refractivity contribution in [3.63, 3.8) is 0 Å². The lowest BCUT2D eigenvalue weighted by Crippen LogP contribution is -2.55. The summed E-state index contributed by atoms with van der Waals surface area (Å²) in [6.45, 7) is 4.25. The van der Waals surface area contributed by atoms with E-state index in [1.54, 1.807) is 24.9 Å². The molecule has 138 valence electrons. The number of piperazine rings is 1. The third kappa shape index (κ3) is 3.19. The van der Waals surface area contributed by atoms with Gasteiger partial charge in [-0.05, 0) is 31.5 Å². The van der Waals surface area contributed by atoms with Gasteiger partial charge in [0.25, 0.3) is 0 Å². The third-order valence-corrected chi connectivity index (χ3v) is 5.49. The molecule has 2 aliphatic heterocycles. The summed E-state index contributed by atoms with van der Waals surface area (Å²) in [5, 5.41) is 0. The van der Waals surface area contributed by atoms with E-state index in [9.17, 15) is 0 Å². The number of anilines is 1. The third-order valence-electron chi connectivity index (χ3n) is 5.49. The van der Waals surface area contributed by atoms with Crippen molar-refractivity contribution in [2.75, 3.05) is 31.1 Å². The van der Waals surface area contributed by atoms with E-state index in [2.05, 4.69) is 24.8 Å². The fourth-order valence-electron chi connectivity index (χ4n) is 4.09. The molecule has 0 radical (unpaired) electrons. The van der Waals surface area contributed by atoms with Crippen LogP contribution in [0, 0.1) is 0 Å². The summed E-state index contributed by atoms with van der Waals surface area (Å²) in [6, 6.07) is 4.41. The van der Waals surface area contributed by atoms with E-state index < -0.39 is 0 Å². The first-order chi connectivity index (χ1) is 13.4. The second-order valence-electron chi connectivity index (χ2n) is 7.13. The van der Waals surface area contributed by atoms with Gasteiger partial charge in [-0.2, -0.15) is 0 Å². The van der Waals surface area contributed by atoms with Gasteiger partial charge in [-0.1, -0.05) is 6.42 Å². The van der Waals surface area contributed by atoms with Gasteiger partial charge in [-0.25, -0.2) is 9.97 Å². The van der Waals surface area contributed by atoms with Crippen LogP contribution in [0.4, 0.5) is 5.95 Å². The predicted octanol–water partition coefficient (Wildman–Crippen LogP) is 2.87. The van der Waals surface area contributed by atoms with E-state index in [0.29, 0.717) is 6.04 Å². The van der Waals surface area contributed by atoms with Gasteiger partial charge in [0.15, 0.2) is 5.76 Å². The van der Waals surface area contributed by atoms with Crippen molar-refractivity contribution in [3.05, 3.63) is 43.2 Å². The Kier molecular flexibility index (Phi) is 4.29. The maximum Gasteiger partial charge on any atom is 0.226 e. The van der Waals surface area contributed by atoms with Crippen LogP contribution < -0.4 is 4.90 Å². The molecule has 0 saturated carbocycles. The monoisotopic (exact) mass is 362 g/mol. The van der Waals surface area contributed by atoms with Gasteiger partial charge in [0.1, 0.15) is 5.69 Å². The summed E-state index contributed by atoms with van der Waals surface area (Å²) in [6.07, 6.45) is 12.5. The lowest BCUT2D eigenvalue weighted by atomic mass is 10.00. The molecule has 7 heteroatoms. The number of hydrogen-bond donors (Lipinski definition) is 0. The van der Waals surface area contributed by atoms with E-state index in [-0.39, 0.29) is 0 Å². The lowest BCUT2D eigenvalue weighted by molar-refractivity contribution is 0.133. The molecule has 3 aromatic heterocycles. The molecule has 0 unspecified atom stereocenters. The highest BCUT2D eigenvalue weighted by molar-refractivity contribution is 5.76. The Morgan fingerprint density at radius 1 is 1.04 bits per heavy atom. The first-order valence-electron chi connectivity index (χ1n) is 9.55. The Labute approximate surface area is 158 Å². The molecule has 0 amide bonds. The zero-order valence-corrected chi connectivity index (χ0v) is 15.2. The largest absolute Gasteiger partial charge is 0.463 e. The average Bonchev–Trinajstić information content (AvgIpc) is 3.28. The minimum absolute atomic E-state index is 0.614. The van der Waals surface area contributed by atoms with Crippen LogP contribution in [0.1, 0.15) is 19.3 Å². The summed E-state index contributed by atoms with van der Waals surface area (Å²) in [5.41, 5.74) is 2.34. The molecule has 27 heavy (non-hydrogen) atoms. The lowest BCUT2D eigenvalue weighted by Gasteiger charge is -2.44. The van der Waals surface area contributed by atoms with Crippen LogP contribution in [0.3, 0.4) is 0 Å². The van der Waals surface area contributed by atoms with Crippen LogP contribution in [0.5, 0.6) is 0 Å². The van der Waals surface area contributed by atoms with Gasteiger partial charge in [0.2, 0.25) is 5.95 Å².